The largest absolute Gasteiger partial charge is 0.462 e. The van der Waals surface area contributed by atoms with Crippen LogP contribution in [0.1, 0.15) is 23.7 Å². The van der Waals surface area contributed by atoms with E-state index in [9.17, 15) is 18.0 Å². The van der Waals surface area contributed by atoms with Gasteiger partial charge in [-0.2, -0.15) is 18.3 Å². The van der Waals surface area contributed by atoms with E-state index >= 15 is 0 Å². The van der Waals surface area contributed by atoms with E-state index in [0.29, 0.717) is 11.0 Å². The summed E-state index contributed by atoms with van der Waals surface area (Å²) >= 11 is 0. The van der Waals surface area contributed by atoms with Crippen LogP contribution in [0.5, 0.6) is 0 Å². The second-order valence-electron chi connectivity index (χ2n) is 5.05. The number of aryl methyl sites for hydroxylation is 1. The molecule has 0 aliphatic carbocycles. The van der Waals surface area contributed by atoms with Crippen LogP contribution in [0.2, 0.25) is 0 Å². The van der Waals surface area contributed by atoms with Crippen LogP contribution in [-0.2, 0) is 11.8 Å². The lowest BCUT2D eigenvalue weighted by atomic mass is 10.1. The number of nitrogens with one attached hydrogen (secondary N) is 1. The van der Waals surface area contributed by atoms with E-state index in [1.807, 2.05) is 0 Å². The van der Waals surface area contributed by atoms with Crippen molar-refractivity contribution < 1.29 is 27.8 Å². The predicted molar refractivity (Wildman–Crippen MR) is 79.6 cm³/mol. The molecule has 2 heterocycles. The van der Waals surface area contributed by atoms with E-state index in [2.05, 4.69) is 15.4 Å². The summed E-state index contributed by atoms with van der Waals surface area (Å²) in [5.74, 6) is -0.644. The van der Waals surface area contributed by atoms with Gasteiger partial charge in [0, 0.05) is 19.8 Å². The van der Waals surface area contributed by atoms with E-state index in [1.165, 1.54) is 17.1 Å². The molecule has 0 radical (unpaired) electrons. The number of esters is 1. The summed E-state index contributed by atoms with van der Waals surface area (Å²) in [7, 11) is 1.65. The molecule has 0 spiro atoms. The molecule has 0 aliphatic rings. The van der Waals surface area contributed by atoms with Gasteiger partial charge in [0.1, 0.15) is 5.56 Å². The molecular formula is C14H17F3N4O3. The van der Waals surface area contributed by atoms with E-state index in [1.54, 1.807) is 14.0 Å². The first-order valence-electron chi connectivity index (χ1n) is 7.22. The molecule has 0 amide bonds. The number of aliphatic hydroxyl groups is 1. The van der Waals surface area contributed by atoms with Crippen molar-refractivity contribution in [2.75, 3.05) is 18.5 Å². The molecule has 7 nitrogen and oxygen atoms in total. The Morgan fingerprint density at radius 1 is 1.46 bits per heavy atom. The van der Waals surface area contributed by atoms with E-state index in [4.69, 9.17) is 9.84 Å². The van der Waals surface area contributed by atoms with E-state index < -0.39 is 24.7 Å². The van der Waals surface area contributed by atoms with Crippen molar-refractivity contribution in [3.8, 4) is 0 Å². The average Bonchev–Trinajstić information content (AvgIpc) is 2.88. The number of ether oxygens (including phenoxy) is 1. The highest BCUT2D eigenvalue weighted by Gasteiger charge is 2.37. The zero-order chi connectivity index (χ0) is 17.9. The number of anilines is 1. The topological polar surface area (TPSA) is 89.3 Å². The Balaban J connectivity index is 2.28. The predicted octanol–water partition coefficient (Wildman–Crippen LogP) is 1.87. The second-order valence-corrected chi connectivity index (χ2v) is 5.05. The van der Waals surface area contributed by atoms with Crippen molar-refractivity contribution in [1.82, 2.24) is 14.8 Å². The van der Waals surface area contributed by atoms with Crippen LogP contribution >= 0.6 is 0 Å². The van der Waals surface area contributed by atoms with Gasteiger partial charge in [0.05, 0.1) is 23.9 Å². The Kier molecular flexibility index (Phi) is 5.27. The van der Waals surface area contributed by atoms with Crippen molar-refractivity contribution in [2.45, 2.75) is 25.6 Å². The number of carbonyl (C=O) groups excluding carboxylic acids is 1. The molecule has 2 rings (SSSR count). The Bertz CT molecular complexity index is 730. The minimum absolute atomic E-state index is 0.0962. The molecular weight excluding hydrogens is 329 g/mol. The number of halogens is 3. The van der Waals surface area contributed by atoms with Crippen LogP contribution in [0.15, 0.2) is 12.4 Å². The molecule has 2 aromatic heterocycles. The van der Waals surface area contributed by atoms with Gasteiger partial charge in [-0.05, 0) is 13.3 Å². The van der Waals surface area contributed by atoms with Crippen molar-refractivity contribution in [3.63, 3.8) is 0 Å². The molecule has 0 aliphatic heterocycles. The van der Waals surface area contributed by atoms with Crippen LogP contribution in [-0.4, -0.2) is 51.3 Å². The molecule has 24 heavy (non-hydrogen) atoms. The maximum atomic E-state index is 12.4. The van der Waals surface area contributed by atoms with Crippen LogP contribution in [0.4, 0.5) is 18.9 Å². The summed E-state index contributed by atoms with van der Waals surface area (Å²) in [6.45, 7) is 1.60. The first kappa shape index (κ1) is 18.0. The fourth-order valence-electron chi connectivity index (χ4n) is 2.15. The maximum absolute atomic E-state index is 12.4. The fourth-order valence-corrected chi connectivity index (χ4v) is 2.15. The zero-order valence-electron chi connectivity index (χ0n) is 13.1. The second kappa shape index (κ2) is 7.04. The normalized spacial score (nSPS) is 13.1. The highest BCUT2D eigenvalue weighted by molar-refractivity contribution is 6.04. The third kappa shape index (κ3) is 3.75. The SMILES string of the molecule is CCOC(=O)c1cnc2c(cnn2C)c1NCC[C@H](O)C(F)(F)F. The average molecular weight is 346 g/mol. The van der Waals surface area contributed by atoms with Gasteiger partial charge >= 0.3 is 12.1 Å². The number of hydrogen-bond acceptors (Lipinski definition) is 6. The smallest absolute Gasteiger partial charge is 0.414 e. The highest BCUT2D eigenvalue weighted by Crippen LogP contribution is 2.27. The molecule has 0 saturated carbocycles. The summed E-state index contributed by atoms with van der Waals surface area (Å²) in [4.78, 5) is 16.1. The highest BCUT2D eigenvalue weighted by atomic mass is 19.4. The molecule has 10 heteroatoms. The summed E-state index contributed by atoms with van der Waals surface area (Å²) in [6, 6.07) is 0. The van der Waals surface area contributed by atoms with Crippen LogP contribution in [0.3, 0.4) is 0 Å². The van der Waals surface area contributed by atoms with Gasteiger partial charge < -0.3 is 15.2 Å². The molecule has 0 unspecified atom stereocenters. The van der Waals surface area contributed by atoms with Crippen molar-refractivity contribution in [3.05, 3.63) is 18.0 Å². The molecule has 0 fully saturated rings. The fraction of sp³-hybridized carbons (Fsp3) is 0.500. The van der Waals surface area contributed by atoms with Crippen LogP contribution < -0.4 is 5.32 Å². The Morgan fingerprint density at radius 2 is 2.17 bits per heavy atom. The van der Waals surface area contributed by atoms with Gasteiger partial charge in [-0.25, -0.2) is 9.78 Å². The van der Waals surface area contributed by atoms with Crippen LogP contribution in [0.25, 0.3) is 11.0 Å². The lowest BCUT2D eigenvalue weighted by molar-refractivity contribution is -0.204. The van der Waals surface area contributed by atoms with Crippen molar-refractivity contribution in [2.24, 2.45) is 7.05 Å². The Hall–Kier alpha value is -2.36. The molecule has 0 aromatic carbocycles. The minimum Gasteiger partial charge on any atom is -0.462 e. The number of nitrogens with zero attached hydrogens (tertiary/aromatic N) is 3. The summed E-state index contributed by atoms with van der Waals surface area (Å²) < 4.78 is 43.5. The van der Waals surface area contributed by atoms with Gasteiger partial charge in [-0.3, -0.25) is 4.68 Å². The third-order valence-electron chi connectivity index (χ3n) is 3.35. The standard InChI is InChI=1S/C14H17F3N4O3/c1-3-24-13(23)9-6-19-12-8(7-20-21(12)2)11(9)18-5-4-10(22)14(15,16)17/h6-7,10,22H,3-5H2,1-2H3,(H,18,19)/t10-/m0/s1. The number of pyridine rings is 1. The van der Waals surface area contributed by atoms with Gasteiger partial charge in [0.25, 0.3) is 0 Å². The number of carbonyl (C=O) groups is 1. The summed E-state index contributed by atoms with van der Waals surface area (Å²) in [6.07, 6.45) is -4.95. The van der Waals surface area contributed by atoms with E-state index in [0.717, 1.165) is 0 Å². The third-order valence-corrected chi connectivity index (χ3v) is 3.35. The minimum atomic E-state index is -4.69. The van der Waals surface area contributed by atoms with Crippen molar-refractivity contribution >= 4 is 22.7 Å². The molecule has 1 atom stereocenters. The van der Waals surface area contributed by atoms with Gasteiger partial charge in [0.2, 0.25) is 0 Å². The Labute approximate surface area is 135 Å². The summed E-state index contributed by atoms with van der Waals surface area (Å²) in [5.41, 5.74) is 0.835. The number of alkyl halides is 3. The first-order valence-corrected chi connectivity index (χ1v) is 7.22. The Morgan fingerprint density at radius 3 is 2.79 bits per heavy atom. The number of fused-ring (bicyclic) bond motifs is 1. The zero-order valence-corrected chi connectivity index (χ0v) is 13.1. The molecule has 2 N–H and O–H groups in total. The quantitative estimate of drug-likeness (QED) is 0.776. The lowest BCUT2D eigenvalue weighted by Crippen LogP contribution is -2.30. The molecule has 0 bridgehead atoms. The van der Waals surface area contributed by atoms with Crippen molar-refractivity contribution in [1.29, 1.82) is 0 Å². The number of hydrogen-bond donors (Lipinski definition) is 2. The lowest BCUT2D eigenvalue weighted by Gasteiger charge is -2.16. The monoisotopic (exact) mass is 346 g/mol. The van der Waals surface area contributed by atoms with Gasteiger partial charge in [-0.15, -0.1) is 0 Å². The number of aliphatic hydroxyl groups excluding tert-OH is 1. The molecule has 132 valence electrons. The van der Waals surface area contributed by atoms with Gasteiger partial charge in [0.15, 0.2) is 11.8 Å². The van der Waals surface area contributed by atoms with Gasteiger partial charge in [-0.1, -0.05) is 0 Å². The maximum Gasteiger partial charge on any atom is 0.414 e. The van der Waals surface area contributed by atoms with E-state index in [-0.39, 0.29) is 24.4 Å². The molecule has 2 aromatic rings. The summed E-state index contributed by atoms with van der Waals surface area (Å²) in [5, 5.41) is 16.3. The number of aromatic nitrogens is 3. The molecule has 0 saturated heterocycles. The number of rotatable bonds is 6. The first-order chi connectivity index (χ1) is 11.3. The van der Waals surface area contributed by atoms with Crippen LogP contribution in [0, 0.1) is 0 Å².